The minimum atomic E-state index is -0.878. The van der Waals surface area contributed by atoms with Gasteiger partial charge in [0.1, 0.15) is 5.69 Å². The molecule has 1 aromatic rings. The van der Waals surface area contributed by atoms with E-state index in [1.165, 1.54) is 0 Å². The summed E-state index contributed by atoms with van der Waals surface area (Å²) in [5, 5.41) is 13.1. The van der Waals surface area contributed by atoms with Crippen LogP contribution in [0, 0.1) is 11.6 Å². The molecule has 2 rings (SSSR count). The minimum Gasteiger partial charge on any atom is -0.399 e. The van der Waals surface area contributed by atoms with Gasteiger partial charge in [-0.05, 0) is 25.0 Å². The molecule has 0 bridgehead atoms. The van der Waals surface area contributed by atoms with Gasteiger partial charge in [0.15, 0.2) is 11.6 Å². The lowest BCUT2D eigenvalue weighted by Gasteiger charge is -2.27. The van der Waals surface area contributed by atoms with Crippen molar-refractivity contribution < 1.29 is 13.9 Å². The second-order valence-electron chi connectivity index (χ2n) is 5.35. The molecule has 1 saturated carbocycles. The van der Waals surface area contributed by atoms with E-state index in [4.69, 9.17) is 5.73 Å². The van der Waals surface area contributed by atoms with E-state index >= 15 is 0 Å². The number of rotatable bonds is 3. The van der Waals surface area contributed by atoms with Crippen molar-refractivity contribution in [1.82, 2.24) is 0 Å². The van der Waals surface area contributed by atoms with Gasteiger partial charge in [-0.1, -0.05) is 25.7 Å². The van der Waals surface area contributed by atoms with Crippen LogP contribution in [0.3, 0.4) is 0 Å². The Balaban J connectivity index is 2.05. The first kappa shape index (κ1) is 14.1. The van der Waals surface area contributed by atoms with E-state index in [-0.39, 0.29) is 17.9 Å². The Morgan fingerprint density at radius 3 is 2.16 bits per heavy atom. The Hall–Kier alpha value is -1.36. The van der Waals surface area contributed by atoms with Crippen LogP contribution >= 0.6 is 0 Å². The van der Waals surface area contributed by atoms with Crippen molar-refractivity contribution in [2.75, 3.05) is 17.6 Å². The number of hydrogen-bond donors (Lipinski definition) is 3. The fourth-order valence-electron chi connectivity index (χ4n) is 2.58. The highest BCUT2D eigenvalue weighted by Gasteiger charge is 2.28. The molecule has 4 N–H and O–H groups in total. The van der Waals surface area contributed by atoms with Crippen LogP contribution < -0.4 is 11.1 Å². The summed E-state index contributed by atoms with van der Waals surface area (Å²) in [7, 11) is 0. The fraction of sp³-hybridized carbons (Fsp3) is 0.571. The fourth-order valence-corrected chi connectivity index (χ4v) is 2.58. The summed E-state index contributed by atoms with van der Waals surface area (Å²) in [6.07, 6.45) is 5.44. The van der Waals surface area contributed by atoms with E-state index < -0.39 is 17.2 Å². The molecule has 0 amide bonds. The van der Waals surface area contributed by atoms with Crippen molar-refractivity contribution in [3.63, 3.8) is 0 Å². The number of nitrogens with one attached hydrogen (secondary N) is 1. The number of aliphatic hydroxyl groups is 1. The van der Waals surface area contributed by atoms with Crippen LogP contribution in [0.15, 0.2) is 12.1 Å². The lowest BCUT2D eigenvalue weighted by molar-refractivity contribution is 0.0380. The summed E-state index contributed by atoms with van der Waals surface area (Å²) in [5.41, 5.74) is 4.31. The zero-order valence-corrected chi connectivity index (χ0v) is 10.9. The summed E-state index contributed by atoms with van der Waals surface area (Å²) in [4.78, 5) is 0. The lowest BCUT2D eigenvalue weighted by Crippen LogP contribution is -2.36. The van der Waals surface area contributed by atoms with E-state index in [0.29, 0.717) is 12.8 Å². The quantitative estimate of drug-likeness (QED) is 0.584. The predicted molar refractivity (Wildman–Crippen MR) is 71.9 cm³/mol. The van der Waals surface area contributed by atoms with Gasteiger partial charge >= 0.3 is 0 Å². The molecule has 0 aliphatic heterocycles. The van der Waals surface area contributed by atoms with Crippen molar-refractivity contribution in [2.24, 2.45) is 0 Å². The molecule has 0 spiro atoms. The molecule has 3 nitrogen and oxygen atoms in total. The van der Waals surface area contributed by atoms with E-state index in [9.17, 15) is 13.9 Å². The number of benzene rings is 1. The van der Waals surface area contributed by atoms with Crippen LogP contribution in [0.25, 0.3) is 0 Å². The van der Waals surface area contributed by atoms with Gasteiger partial charge in [0.25, 0.3) is 0 Å². The number of anilines is 2. The molecular formula is C14H20F2N2O. The molecule has 0 aromatic heterocycles. The highest BCUT2D eigenvalue weighted by atomic mass is 19.1. The van der Waals surface area contributed by atoms with Crippen molar-refractivity contribution in [2.45, 2.75) is 44.1 Å². The summed E-state index contributed by atoms with van der Waals surface area (Å²) in [6, 6.07) is 2.14. The lowest BCUT2D eigenvalue weighted by atomic mass is 9.94. The van der Waals surface area contributed by atoms with Crippen LogP contribution in [0.1, 0.15) is 38.5 Å². The van der Waals surface area contributed by atoms with E-state index in [1.807, 2.05) is 0 Å². The Labute approximate surface area is 111 Å². The molecule has 19 heavy (non-hydrogen) atoms. The average molecular weight is 270 g/mol. The average Bonchev–Trinajstić information content (AvgIpc) is 2.53. The number of halogens is 2. The number of hydrogen-bond acceptors (Lipinski definition) is 3. The smallest absolute Gasteiger partial charge is 0.151 e. The summed E-state index contributed by atoms with van der Waals surface area (Å²) in [6.45, 7) is 0.157. The Kier molecular flexibility index (Phi) is 4.24. The maximum Gasteiger partial charge on any atom is 0.151 e. The maximum atomic E-state index is 13.6. The Bertz CT molecular complexity index is 420. The molecule has 1 fully saturated rings. The zero-order valence-electron chi connectivity index (χ0n) is 10.9. The number of nitrogen functional groups attached to an aromatic ring is 1. The Morgan fingerprint density at radius 2 is 1.63 bits per heavy atom. The van der Waals surface area contributed by atoms with Crippen molar-refractivity contribution >= 4 is 11.4 Å². The normalized spacial score (nSPS) is 18.9. The monoisotopic (exact) mass is 270 g/mol. The SMILES string of the molecule is Nc1cc(F)c(NCC2(O)CCCCCC2)c(F)c1. The molecule has 1 aliphatic rings. The van der Waals surface area contributed by atoms with Crippen LogP contribution in [-0.4, -0.2) is 17.3 Å². The van der Waals surface area contributed by atoms with Crippen molar-refractivity contribution in [3.05, 3.63) is 23.8 Å². The molecule has 0 atom stereocenters. The van der Waals surface area contributed by atoms with Crippen LogP contribution in [0.2, 0.25) is 0 Å². The largest absolute Gasteiger partial charge is 0.399 e. The zero-order chi connectivity index (χ0) is 13.9. The second-order valence-corrected chi connectivity index (χ2v) is 5.35. The molecule has 0 heterocycles. The maximum absolute atomic E-state index is 13.6. The first-order valence-electron chi connectivity index (χ1n) is 6.71. The minimum absolute atomic E-state index is 0.0497. The summed E-state index contributed by atoms with van der Waals surface area (Å²) in [5.74, 6) is -1.45. The Morgan fingerprint density at radius 1 is 1.11 bits per heavy atom. The third-order valence-electron chi connectivity index (χ3n) is 3.69. The molecule has 0 radical (unpaired) electrons. The predicted octanol–water partition coefficient (Wildman–Crippen LogP) is 3.04. The highest BCUT2D eigenvalue weighted by Crippen LogP contribution is 2.29. The molecular weight excluding hydrogens is 250 g/mol. The molecule has 1 aliphatic carbocycles. The van der Waals surface area contributed by atoms with Gasteiger partial charge in [-0.25, -0.2) is 8.78 Å². The van der Waals surface area contributed by atoms with Crippen LogP contribution in [0.5, 0.6) is 0 Å². The number of nitrogens with two attached hydrogens (primary N) is 1. The van der Waals surface area contributed by atoms with E-state index in [1.54, 1.807) is 0 Å². The second kappa shape index (κ2) is 5.74. The van der Waals surface area contributed by atoms with Gasteiger partial charge in [-0.15, -0.1) is 0 Å². The first-order valence-corrected chi connectivity index (χ1v) is 6.71. The molecule has 1 aromatic carbocycles. The van der Waals surface area contributed by atoms with E-state index in [0.717, 1.165) is 37.8 Å². The first-order chi connectivity index (χ1) is 9.00. The highest BCUT2D eigenvalue weighted by molar-refractivity contribution is 5.54. The standard InChI is InChI=1S/C14H20F2N2O/c15-11-7-10(17)8-12(16)13(11)18-9-14(19)5-3-1-2-4-6-14/h7-8,18-19H,1-6,9,17H2. The van der Waals surface area contributed by atoms with Crippen molar-refractivity contribution in [3.8, 4) is 0 Å². The summed E-state index contributed by atoms with van der Waals surface area (Å²) >= 11 is 0. The molecule has 0 unspecified atom stereocenters. The molecule has 106 valence electrons. The van der Waals surface area contributed by atoms with E-state index in [2.05, 4.69) is 5.32 Å². The van der Waals surface area contributed by atoms with Gasteiger partial charge in [-0.3, -0.25) is 0 Å². The van der Waals surface area contributed by atoms with Gasteiger partial charge in [0.2, 0.25) is 0 Å². The molecule has 0 saturated heterocycles. The van der Waals surface area contributed by atoms with Gasteiger partial charge in [0.05, 0.1) is 5.60 Å². The van der Waals surface area contributed by atoms with Gasteiger partial charge in [0, 0.05) is 12.2 Å². The molecule has 5 heteroatoms. The van der Waals surface area contributed by atoms with Crippen molar-refractivity contribution in [1.29, 1.82) is 0 Å². The van der Waals surface area contributed by atoms with Gasteiger partial charge < -0.3 is 16.2 Å². The summed E-state index contributed by atoms with van der Waals surface area (Å²) < 4.78 is 27.2. The van der Waals surface area contributed by atoms with Gasteiger partial charge in [-0.2, -0.15) is 0 Å². The van der Waals surface area contributed by atoms with Crippen LogP contribution in [-0.2, 0) is 0 Å². The third kappa shape index (κ3) is 3.56. The van der Waals surface area contributed by atoms with Crippen LogP contribution in [0.4, 0.5) is 20.2 Å². The third-order valence-corrected chi connectivity index (χ3v) is 3.69. The topological polar surface area (TPSA) is 58.3 Å².